The average Bonchev–Trinajstić information content (AvgIpc) is 2.61. The molecule has 0 aromatic carbocycles. The highest BCUT2D eigenvalue weighted by Crippen LogP contribution is 2.15. The zero-order chi connectivity index (χ0) is 14.6. The number of unbranched alkanes of at least 4 members (excludes halogenated alkanes) is 1. The molecule has 0 aliphatic carbocycles. The normalized spacial score (nSPS) is 20.8. The number of carboxylic acids is 1. The van der Waals surface area contributed by atoms with Crippen molar-refractivity contribution in [3.05, 3.63) is 0 Å². The van der Waals surface area contributed by atoms with Crippen molar-refractivity contribution >= 4 is 29.2 Å². The largest absolute Gasteiger partial charge is 0.480 e. The van der Waals surface area contributed by atoms with Crippen molar-refractivity contribution in [2.75, 3.05) is 6.54 Å². The predicted octanol–water partition coefficient (Wildman–Crippen LogP) is 0.310. The molecule has 1 aliphatic rings. The number of nitrogens with two attached hydrogens (primary N) is 1. The van der Waals surface area contributed by atoms with Gasteiger partial charge in [-0.1, -0.05) is 13.8 Å². The van der Waals surface area contributed by atoms with Gasteiger partial charge in [-0.2, -0.15) is 0 Å². The van der Waals surface area contributed by atoms with E-state index in [9.17, 15) is 9.59 Å². The zero-order valence-corrected chi connectivity index (χ0v) is 12.1. The number of aliphatic carboxylic acids is 1. The Morgan fingerprint density at radius 2 is 2.16 bits per heavy atom. The van der Waals surface area contributed by atoms with Crippen LogP contribution in [-0.4, -0.2) is 45.6 Å². The van der Waals surface area contributed by atoms with Crippen LogP contribution in [0.25, 0.3) is 0 Å². The Kier molecular flexibility index (Phi) is 5.68. The Labute approximate surface area is 118 Å². The number of carbonyl (C=O) groups is 2. The molecular formula is C12H21N3O3S. The molecule has 6 nitrogen and oxygen atoms in total. The van der Waals surface area contributed by atoms with E-state index in [1.54, 1.807) is 4.90 Å². The first-order chi connectivity index (χ1) is 8.84. The lowest BCUT2D eigenvalue weighted by Gasteiger charge is -2.15. The number of thiocarbonyl (C=S) groups is 1. The Morgan fingerprint density at radius 1 is 1.53 bits per heavy atom. The lowest BCUT2D eigenvalue weighted by Crippen LogP contribution is -2.35. The first-order valence-corrected chi connectivity index (χ1v) is 6.85. The van der Waals surface area contributed by atoms with E-state index in [1.165, 1.54) is 0 Å². The number of hydrogen-bond acceptors (Lipinski definition) is 4. The summed E-state index contributed by atoms with van der Waals surface area (Å²) in [6.45, 7) is 4.45. The van der Waals surface area contributed by atoms with Gasteiger partial charge in [0.15, 0.2) is 5.11 Å². The van der Waals surface area contributed by atoms with Crippen LogP contribution < -0.4 is 11.1 Å². The standard InChI is InChI=1S/C12H21N3O3S/c1-7(2)9-10(16)15(12(19)14-9)6-4-3-5-8(13)11(17)18/h7-9H,3-6,13H2,1-2H3,(H,14,19)(H,17,18)/t8-,9?/m0/s1. The van der Waals surface area contributed by atoms with Crippen molar-refractivity contribution in [2.45, 2.75) is 45.2 Å². The van der Waals surface area contributed by atoms with Gasteiger partial charge in [-0.3, -0.25) is 14.5 Å². The van der Waals surface area contributed by atoms with E-state index in [1.807, 2.05) is 13.8 Å². The Bertz CT molecular complexity index is 373. The number of hydrogen-bond donors (Lipinski definition) is 3. The fourth-order valence-electron chi connectivity index (χ4n) is 1.96. The molecule has 1 aliphatic heterocycles. The van der Waals surface area contributed by atoms with Gasteiger partial charge in [-0.25, -0.2) is 0 Å². The number of nitrogens with one attached hydrogen (secondary N) is 1. The van der Waals surface area contributed by atoms with Gasteiger partial charge in [0.2, 0.25) is 0 Å². The van der Waals surface area contributed by atoms with Crippen molar-refractivity contribution < 1.29 is 14.7 Å². The van der Waals surface area contributed by atoms with Crippen molar-refractivity contribution in [2.24, 2.45) is 11.7 Å². The molecule has 1 rings (SSSR count). The highest BCUT2D eigenvalue weighted by molar-refractivity contribution is 7.80. The number of nitrogens with zero attached hydrogens (tertiary/aromatic N) is 1. The van der Waals surface area contributed by atoms with Crippen LogP contribution in [0.2, 0.25) is 0 Å². The van der Waals surface area contributed by atoms with E-state index in [4.69, 9.17) is 23.1 Å². The fraction of sp³-hybridized carbons (Fsp3) is 0.750. The average molecular weight is 287 g/mol. The van der Waals surface area contributed by atoms with Crippen LogP contribution in [0.3, 0.4) is 0 Å². The number of rotatable bonds is 7. The molecule has 108 valence electrons. The Hall–Kier alpha value is -1.21. The number of amides is 1. The highest BCUT2D eigenvalue weighted by Gasteiger charge is 2.36. The van der Waals surface area contributed by atoms with Crippen molar-refractivity contribution in [1.29, 1.82) is 0 Å². The summed E-state index contributed by atoms with van der Waals surface area (Å²) < 4.78 is 0. The second kappa shape index (κ2) is 6.81. The second-order valence-corrected chi connectivity index (χ2v) is 5.49. The van der Waals surface area contributed by atoms with Gasteiger partial charge in [-0.15, -0.1) is 0 Å². The molecule has 1 fully saturated rings. The molecule has 0 saturated carbocycles. The maximum atomic E-state index is 12.1. The van der Waals surface area contributed by atoms with Crippen LogP contribution in [0, 0.1) is 5.92 Å². The molecule has 0 bridgehead atoms. The van der Waals surface area contributed by atoms with E-state index in [0.29, 0.717) is 30.9 Å². The molecule has 7 heteroatoms. The minimum Gasteiger partial charge on any atom is -0.480 e. The summed E-state index contributed by atoms with van der Waals surface area (Å²) in [4.78, 5) is 24.2. The van der Waals surface area contributed by atoms with Gasteiger partial charge in [0.05, 0.1) is 0 Å². The molecule has 1 unspecified atom stereocenters. The molecule has 0 spiro atoms. The molecule has 4 N–H and O–H groups in total. The molecular weight excluding hydrogens is 266 g/mol. The molecule has 1 saturated heterocycles. The van der Waals surface area contributed by atoms with Gasteiger partial charge in [0.1, 0.15) is 12.1 Å². The number of carbonyl (C=O) groups excluding carboxylic acids is 1. The quantitative estimate of drug-likeness (QED) is 0.461. The van der Waals surface area contributed by atoms with Gasteiger partial charge in [0.25, 0.3) is 5.91 Å². The number of carboxylic acid groups (broad SMARTS) is 1. The summed E-state index contributed by atoms with van der Waals surface area (Å²) in [6, 6.07) is -1.07. The van der Waals surface area contributed by atoms with Gasteiger partial charge >= 0.3 is 5.97 Å². The summed E-state index contributed by atoms with van der Waals surface area (Å²) in [5, 5.41) is 12.1. The summed E-state index contributed by atoms with van der Waals surface area (Å²) >= 11 is 5.13. The van der Waals surface area contributed by atoms with E-state index in [0.717, 1.165) is 0 Å². The van der Waals surface area contributed by atoms with Crippen LogP contribution in [0.15, 0.2) is 0 Å². The fourth-order valence-corrected chi connectivity index (χ4v) is 2.27. The topological polar surface area (TPSA) is 95.7 Å². The van der Waals surface area contributed by atoms with Crippen LogP contribution in [0.5, 0.6) is 0 Å². The molecule has 2 atom stereocenters. The second-order valence-electron chi connectivity index (χ2n) is 5.10. The summed E-state index contributed by atoms with van der Waals surface area (Å²) in [5.74, 6) is -0.798. The van der Waals surface area contributed by atoms with Gasteiger partial charge in [-0.05, 0) is 37.4 Å². The SMILES string of the molecule is CC(C)C1NC(=S)N(CCCC[C@H](N)C(=O)O)C1=O. The van der Waals surface area contributed by atoms with E-state index >= 15 is 0 Å². The monoisotopic (exact) mass is 287 g/mol. The highest BCUT2D eigenvalue weighted by atomic mass is 32.1. The molecule has 1 heterocycles. The molecule has 0 aromatic rings. The van der Waals surface area contributed by atoms with Crippen LogP contribution >= 0.6 is 12.2 Å². The zero-order valence-electron chi connectivity index (χ0n) is 11.3. The van der Waals surface area contributed by atoms with Crippen LogP contribution in [0.4, 0.5) is 0 Å². The smallest absolute Gasteiger partial charge is 0.320 e. The predicted molar refractivity (Wildman–Crippen MR) is 75.5 cm³/mol. The molecule has 0 aromatic heterocycles. The lowest BCUT2D eigenvalue weighted by atomic mass is 10.0. The summed E-state index contributed by atoms with van der Waals surface area (Å²) in [6.07, 6.45) is 1.76. The molecule has 0 radical (unpaired) electrons. The van der Waals surface area contributed by atoms with Gasteiger partial charge in [0, 0.05) is 6.54 Å². The van der Waals surface area contributed by atoms with Gasteiger partial charge < -0.3 is 16.2 Å². The molecule has 19 heavy (non-hydrogen) atoms. The maximum absolute atomic E-state index is 12.1. The molecule has 1 amide bonds. The third-order valence-corrected chi connectivity index (χ3v) is 3.53. The van der Waals surface area contributed by atoms with E-state index in [-0.39, 0.29) is 17.9 Å². The summed E-state index contributed by atoms with van der Waals surface area (Å²) in [7, 11) is 0. The van der Waals surface area contributed by atoms with Crippen molar-refractivity contribution in [3.63, 3.8) is 0 Å². The van der Waals surface area contributed by atoms with E-state index in [2.05, 4.69) is 5.32 Å². The van der Waals surface area contributed by atoms with Crippen LogP contribution in [-0.2, 0) is 9.59 Å². The first-order valence-electron chi connectivity index (χ1n) is 6.45. The third kappa shape index (κ3) is 4.14. The van der Waals surface area contributed by atoms with E-state index < -0.39 is 12.0 Å². The first kappa shape index (κ1) is 15.8. The third-order valence-electron chi connectivity index (χ3n) is 3.19. The Morgan fingerprint density at radius 3 is 2.63 bits per heavy atom. The summed E-state index contributed by atoms with van der Waals surface area (Å²) in [5.41, 5.74) is 5.41. The lowest BCUT2D eigenvalue weighted by molar-refractivity contribution is -0.138. The van der Waals surface area contributed by atoms with Crippen LogP contribution in [0.1, 0.15) is 33.1 Å². The maximum Gasteiger partial charge on any atom is 0.320 e. The minimum atomic E-state index is -0.991. The minimum absolute atomic E-state index is 0.00235. The van der Waals surface area contributed by atoms with Crippen molar-refractivity contribution in [1.82, 2.24) is 10.2 Å². The Balaban J connectivity index is 2.36. The van der Waals surface area contributed by atoms with Crippen molar-refractivity contribution in [3.8, 4) is 0 Å².